The minimum atomic E-state index is -0.678. The van der Waals surface area contributed by atoms with Crippen molar-refractivity contribution in [2.24, 2.45) is 0 Å². The van der Waals surface area contributed by atoms with Crippen LogP contribution in [-0.2, 0) is 25.7 Å². The average molecular weight is 635 g/mol. The molecule has 3 aromatic carbocycles. The normalized spacial score (nSPS) is 18.0. The van der Waals surface area contributed by atoms with Gasteiger partial charge in [-0.05, 0) is 70.8 Å². The molecule has 45 heavy (non-hydrogen) atoms. The summed E-state index contributed by atoms with van der Waals surface area (Å²) in [5, 5.41) is 43.2. The minimum Gasteiger partial charge on any atom is -0.508 e. The Morgan fingerprint density at radius 3 is 2.29 bits per heavy atom. The fraction of sp³-hybridized carbons (Fsp3) is 0.323. The Morgan fingerprint density at radius 2 is 1.60 bits per heavy atom. The number of phenols is 1. The number of anilines is 1. The third-order valence-corrected chi connectivity index (χ3v) is 8.25. The van der Waals surface area contributed by atoms with Gasteiger partial charge in [-0.1, -0.05) is 48.2 Å². The highest BCUT2D eigenvalue weighted by molar-refractivity contribution is 7.99. The number of hydrogen-bond donors (Lipinski definition) is 5. The van der Waals surface area contributed by atoms with Crippen LogP contribution in [0.3, 0.4) is 0 Å². The summed E-state index contributed by atoms with van der Waals surface area (Å²) in [6.07, 6.45) is 0.810. The summed E-state index contributed by atoms with van der Waals surface area (Å²) < 4.78 is 14.4. The Balaban J connectivity index is 1.25. The van der Waals surface area contributed by atoms with Gasteiger partial charge in [0.15, 0.2) is 6.29 Å². The summed E-state index contributed by atoms with van der Waals surface area (Å²) >= 11 is 1.45. The number of nitrogens with one attached hydrogen (secondary N) is 2. The van der Waals surface area contributed by atoms with Crippen molar-refractivity contribution in [2.75, 3.05) is 11.1 Å². The molecule has 0 radical (unpaired) electrons. The summed E-state index contributed by atoms with van der Waals surface area (Å²) in [6.45, 7) is -0.0453. The molecule has 1 fully saturated rings. The number of thioether (sulfide) groups is 1. The van der Waals surface area contributed by atoms with E-state index in [1.807, 2.05) is 36.4 Å². The molecule has 5 rings (SSSR count). The first kappa shape index (κ1) is 32.1. The maximum atomic E-state index is 12.3. The molecule has 0 bridgehead atoms. The summed E-state index contributed by atoms with van der Waals surface area (Å²) in [4.78, 5) is 23.5. The molecular weight excluding hydrogens is 600 g/mol. The molecule has 3 atom stereocenters. The Labute approximate surface area is 263 Å². The molecular formula is C31H34N6O7S. The summed E-state index contributed by atoms with van der Waals surface area (Å²) in [5.74, 6) is 0.0452. The van der Waals surface area contributed by atoms with Gasteiger partial charge in [-0.15, -0.1) is 5.10 Å². The van der Waals surface area contributed by atoms with E-state index in [4.69, 9.17) is 14.7 Å². The van der Waals surface area contributed by atoms with E-state index in [0.29, 0.717) is 41.5 Å². The van der Waals surface area contributed by atoms with E-state index in [0.717, 1.165) is 16.7 Å². The number of hydroxylamine groups is 1. The van der Waals surface area contributed by atoms with E-state index >= 15 is 0 Å². The quantitative estimate of drug-likeness (QED) is 0.0615. The van der Waals surface area contributed by atoms with Gasteiger partial charge in [0.25, 0.3) is 0 Å². The van der Waals surface area contributed by atoms with E-state index in [9.17, 15) is 19.8 Å². The Kier molecular flexibility index (Phi) is 11.1. The van der Waals surface area contributed by atoms with Gasteiger partial charge in [-0.2, -0.15) is 4.68 Å². The largest absolute Gasteiger partial charge is 0.508 e. The van der Waals surface area contributed by atoms with Gasteiger partial charge in [0.1, 0.15) is 5.75 Å². The van der Waals surface area contributed by atoms with Gasteiger partial charge in [0, 0.05) is 36.3 Å². The van der Waals surface area contributed by atoms with Crippen molar-refractivity contribution in [3.8, 4) is 11.4 Å². The zero-order chi connectivity index (χ0) is 31.6. The van der Waals surface area contributed by atoms with Crippen molar-refractivity contribution in [2.45, 2.75) is 62.4 Å². The van der Waals surface area contributed by atoms with Crippen LogP contribution in [-0.4, -0.2) is 59.3 Å². The Bertz CT molecular complexity index is 1550. The van der Waals surface area contributed by atoms with Crippen molar-refractivity contribution in [1.82, 2.24) is 25.7 Å². The molecule has 0 spiro atoms. The predicted octanol–water partition coefficient (Wildman–Crippen LogP) is 4.20. The van der Waals surface area contributed by atoms with Crippen LogP contribution < -0.4 is 10.8 Å². The van der Waals surface area contributed by atoms with E-state index in [-0.39, 0.29) is 43.3 Å². The zero-order valence-electron chi connectivity index (χ0n) is 24.3. The number of hydrogen-bond acceptors (Lipinski definition) is 11. The number of aromatic nitrogens is 4. The molecule has 1 aliphatic rings. The number of phenolic OH excluding ortho intramolecular Hbond substituents is 1. The zero-order valence-corrected chi connectivity index (χ0v) is 25.1. The van der Waals surface area contributed by atoms with Crippen LogP contribution in [0.4, 0.5) is 5.69 Å². The van der Waals surface area contributed by atoms with Crippen LogP contribution in [0, 0.1) is 0 Å². The standard InChI is InChI=1S/C31H34N6O7S/c38-18-20-5-7-21(8-6-20)27-17-26(19-45-31-33-35-36-37(31)24-13-15-25(39)16-14-24)43-30(44-27)22-9-11-23(12-10-22)32-28(40)3-1-2-4-29(41)34-42/h5-16,26-27,30,38-39,42H,1-4,17-19H2,(H,32,40)(H,34,41)/t26-,27+,30+/m0/s1. The second kappa shape index (κ2) is 15.6. The van der Waals surface area contributed by atoms with Gasteiger partial charge in [0.05, 0.1) is 24.5 Å². The molecule has 2 amide bonds. The topological polar surface area (TPSA) is 181 Å². The van der Waals surface area contributed by atoms with E-state index in [2.05, 4.69) is 20.8 Å². The number of aliphatic hydroxyl groups is 1. The van der Waals surface area contributed by atoms with Gasteiger partial charge < -0.3 is 25.0 Å². The number of unbranched alkanes of at least 4 members (excludes halogenated alkanes) is 1. The monoisotopic (exact) mass is 634 g/mol. The molecule has 0 unspecified atom stereocenters. The molecule has 13 nitrogen and oxygen atoms in total. The van der Waals surface area contributed by atoms with E-state index < -0.39 is 12.2 Å². The van der Waals surface area contributed by atoms with E-state index in [1.54, 1.807) is 46.6 Å². The number of aromatic hydroxyl groups is 1. The number of nitrogens with zero attached hydrogens (tertiary/aromatic N) is 4. The number of amides is 2. The molecule has 4 aromatic rings. The van der Waals surface area contributed by atoms with Crippen molar-refractivity contribution in [3.05, 3.63) is 89.5 Å². The first-order valence-electron chi connectivity index (χ1n) is 14.5. The number of carbonyl (C=O) groups is 2. The maximum Gasteiger partial charge on any atom is 0.243 e. The fourth-order valence-corrected chi connectivity index (χ4v) is 5.70. The summed E-state index contributed by atoms with van der Waals surface area (Å²) in [5.41, 5.74) is 5.47. The SMILES string of the molecule is O=C(CCCCC(=O)Nc1ccc([C@@H]2O[C@H](CSc3nnnn3-c3ccc(O)cc3)C[C@H](c3ccc(CO)cc3)O2)cc1)NO. The highest BCUT2D eigenvalue weighted by atomic mass is 32.2. The predicted molar refractivity (Wildman–Crippen MR) is 163 cm³/mol. The number of rotatable bonds is 13. The van der Waals surface area contributed by atoms with Crippen LogP contribution in [0.15, 0.2) is 78.0 Å². The number of aliphatic hydroxyl groups excluding tert-OH is 1. The molecule has 0 saturated carbocycles. The van der Waals surface area contributed by atoms with Crippen LogP contribution in [0.2, 0.25) is 0 Å². The van der Waals surface area contributed by atoms with Crippen molar-refractivity contribution in [1.29, 1.82) is 0 Å². The molecule has 2 heterocycles. The lowest BCUT2D eigenvalue weighted by Gasteiger charge is -2.36. The van der Waals surface area contributed by atoms with Crippen molar-refractivity contribution >= 4 is 29.3 Å². The molecule has 236 valence electrons. The summed E-state index contributed by atoms with van der Waals surface area (Å²) in [7, 11) is 0. The van der Waals surface area contributed by atoms with Crippen LogP contribution in [0.25, 0.3) is 5.69 Å². The summed E-state index contributed by atoms with van der Waals surface area (Å²) in [6, 6.07) is 21.5. The van der Waals surface area contributed by atoms with Crippen molar-refractivity contribution in [3.63, 3.8) is 0 Å². The number of benzene rings is 3. The van der Waals surface area contributed by atoms with Crippen LogP contribution in [0.1, 0.15) is 61.2 Å². The van der Waals surface area contributed by atoms with Gasteiger partial charge in [0.2, 0.25) is 17.0 Å². The van der Waals surface area contributed by atoms with Gasteiger partial charge in [-0.25, -0.2) is 5.48 Å². The lowest BCUT2D eigenvalue weighted by Crippen LogP contribution is -2.31. The highest BCUT2D eigenvalue weighted by Crippen LogP contribution is 2.39. The molecule has 14 heteroatoms. The first-order chi connectivity index (χ1) is 21.9. The molecule has 0 aliphatic carbocycles. The number of tetrazole rings is 1. The first-order valence-corrected chi connectivity index (χ1v) is 15.4. The molecule has 1 saturated heterocycles. The van der Waals surface area contributed by atoms with Crippen molar-refractivity contribution < 1.29 is 34.5 Å². The smallest absolute Gasteiger partial charge is 0.243 e. The Morgan fingerprint density at radius 1 is 0.911 bits per heavy atom. The lowest BCUT2D eigenvalue weighted by molar-refractivity contribution is -0.245. The second-order valence-corrected chi connectivity index (χ2v) is 11.5. The highest BCUT2D eigenvalue weighted by Gasteiger charge is 2.32. The van der Waals surface area contributed by atoms with Gasteiger partial charge in [-0.3, -0.25) is 14.8 Å². The molecule has 5 N–H and O–H groups in total. The van der Waals surface area contributed by atoms with Crippen LogP contribution >= 0.6 is 11.8 Å². The minimum absolute atomic E-state index is 0.0453. The average Bonchev–Trinajstić information content (AvgIpc) is 3.55. The second-order valence-electron chi connectivity index (χ2n) is 10.5. The third kappa shape index (κ3) is 8.86. The third-order valence-electron chi connectivity index (χ3n) is 7.20. The van der Waals surface area contributed by atoms with E-state index in [1.165, 1.54) is 11.8 Å². The lowest BCUT2D eigenvalue weighted by atomic mass is 10.0. The number of carbonyl (C=O) groups excluding carboxylic acids is 2. The molecule has 1 aliphatic heterocycles. The van der Waals surface area contributed by atoms with Gasteiger partial charge >= 0.3 is 0 Å². The molecule has 1 aromatic heterocycles. The number of ether oxygens (including phenoxy) is 2. The van der Waals surface area contributed by atoms with Crippen LogP contribution in [0.5, 0.6) is 5.75 Å². The fourth-order valence-electron chi connectivity index (χ4n) is 4.79. The maximum absolute atomic E-state index is 12.3. The Hall–Kier alpha value is -4.34.